The molecule has 5 nitrogen and oxygen atoms in total. The fraction of sp³-hybridized carbons (Fsp3) is 0.600. The van der Waals surface area contributed by atoms with E-state index in [1.165, 1.54) is 0 Å². The van der Waals surface area contributed by atoms with Gasteiger partial charge in [0, 0.05) is 49.8 Å². The zero-order chi connectivity index (χ0) is 15.7. The van der Waals surface area contributed by atoms with Crippen LogP contribution in [0.2, 0.25) is 0 Å². The molecule has 8 heteroatoms. The van der Waals surface area contributed by atoms with Crippen molar-refractivity contribution in [3.63, 3.8) is 0 Å². The van der Waals surface area contributed by atoms with Crippen LogP contribution in [0.25, 0.3) is 0 Å². The number of hydrogen-bond acceptors (Lipinski definition) is 4. The highest BCUT2D eigenvalue weighted by Gasteiger charge is 2.36. The van der Waals surface area contributed by atoms with Crippen molar-refractivity contribution >= 4 is 38.4 Å². The maximum absolute atomic E-state index is 12.9. The molecule has 0 bridgehead atoms. The molecule has 1 N–H and O–H groups in total. The summed E-state index contributed by atoms with van der Waals surface area (Å²) in [5, 5.41) is 3.34. The summed E-state index contributed by atoms with van der Waals surface area (Å²) in [6.07, 6.45) is 0.919. The van der Waals surface area contributed by atoms with Crippen molar-refractivity contribution in [1.82, 2.24) is 14.5 Å². The van der Waals surface area contributed by atoms with Crippen LogP contribution < -0.4 is 5.32 Å². The van der Waals surface area contributed by atoms with Crippen LogP contribution in [0.4, 0.5) is 0 Å². The van der Waals surface area contributed by atoms with Gasteiger partial charge in [0.05, 0.1) is 4.90 Å². The van der Waals surface area contributed by atoms with Gasteiger partial charge in [0.25, 0.3) is 0 Å². The average Bonchev–Trinajstić information content (AvgIpc) is 3.01. The minimum absolute atomic E-state index is 0. The van der Waals surface area contributed by atoms with Gasteiger partial charge in [-0.15, -0.1) is 12.4 Å². The Morgan fingerprint density at radius 3 is 2.61 bits per heavy atom. The highest BCUT2D eigenvalue weighted by molar-refractivity contribution is 9.10. The van der Waals surface area contributed by atoms with Crippen LogP contribution >= 0.6 is 28.3 Å². The zero-order valence-electron chi connectivity index (χ0n) is 13.2. The van der Waals surface area contributed by atoms with E-state index in [2.05, 4.69) is 26.1 Å². The molecule has 2 saturated heterocycles. The Labute approximate surface area is 153 Å². The van der Waals surface area contributed by atoms with Crippen molar-refractivity contribution in [3.05, 3.63) is 28.2 Å². The summed E-state index contributed by atoms with van der Waals surface area (Å²) < 4.78 is 28.1. The zero-order valence-corrected chi connectivity index (χ0v) is 16.4. The Morgan fingerprint density at radius 2 is 1.91 bits per heavy atom. The molecule has 130 valence electrons. The van der Waals surface area contributed by atoms with Crippen molar-refractivity contribution in [3.8, 4) is 0 Å². The Kier molecular flexibility index (Phi) is 6.49. The van der Waals surface area contributed by atoms with Gasteiger partial charge in [-0.2, -0.15) is 4.31 Å². The topological polar surface area (TPSA) is 52.7 Å². The maximum atomic E-state index is 12.9. The van der Waals surface area contributed by atoms with Crippen molar-refractivity contribution < 1.29 is 8.42 Å². The van der Waals surface area contributed by atoms with Crippen LogP contribution in [0.5, 0.6) is 0 Å². The number of nitrogens with zero attached hydrogens (tertiary/aromatic N) is 2. The van der Waals surface area contributed by atoms with Crippen molar-refractivity contribution in [2.75, 3.05) is 39.3 Å². The van der Waals surface area contributed by atoms with E-state index in [1.54, 1.807) is 16.4 Å². The number of nitrogens with one attached hydrogen (secondary N) is 1. The number of aryl methyl sites for hydroxylation is 1. The molecule has 23 heavy (non-hydrogen) atoms. The molecule has 1 atom stereocenters. The van der Waals surface area contributed by atoms with Gasteiger partial charge in [0.2, 0.25) is 10.0 Å². The molecule has 1 aromatic carbocycles. The summed E-state index contributed by atoms with van der Waals surface area (Å²) in [7, 11) is -3.42. The fourth-order valence-corrected chi connectivity index (χ4v) is 5.74. The lowest BCUT2D eigenvalue weighted by Gasteiger charge is -2.32. The number of halogens is 2. The van der Waals surface area contributed by atoms with E-state index >= 15 is 0 Å². The lowest BCUT2D eigenvalue weighted by atomic mass is 10.2. The Morgan fingerprint density at radius 1 is 1.22 bits per heavy atom. The molecule has 2 aliphatic heterocycles. The standard InChI is InChI=1S/C15H22BrN3O2S.ClH/c1-12-3-2-4-14(15(12)16)22(20,21)19-8-5-13(11-19)18-9-6-17-7-10-18;/h2-4,13,17H,5-11H2,1H3;1H. The van der Waals surface area contributed by atoms with E-state index in [-0.39, 0.29) is 12.4 Å². The molecule has 0 aromatic heterocycles. The van der Waals surface area contributed by atoms with Gasteiger partial charge >= 0.3 is 0 Å². The van der Waals surface area contributed by atoms with Crippen LogP contribution in [0.1, 0.15) is 12.0 Å². The molecular formula is C15H23BrClN3O2S. The van der Waals surface area contributed by atoms with E-state index in [0.29, 0.717) is 28.5 Å². The van der Waals surface area contributed by atoms with E-state index in [0.717, 1.165) is 38.2 Å². The number of hydrogen-bond donors (Lipinski definition) is 1. The molecule has 3 rings (SSSR count). The quantitative estimate of drug-likeness (QED) is 0.804. The third-order valence-electron chi connectivity index (χ3n) is 4.57. The molecule has 0 aliphatic carbocycles. The van der Waals surface area contributed by atoms with Gasteiger partial charge in [-0.1, -0.05) is 12.1 Å². The highest BCUT2D eigenvalue weighted by atomic mass is 79.9. The van der Waals surface area contributed by atoms with Crippen LogP contribution in [0, 0.1) is 6.92 Å². The summed E-state index contributed by atoms with van der Waals surface area (Å²) in [5.74, 6) is 0. The summed E-state index contributed by atoms with van der Waals surface area (Å²) in [4.78, 5) is 2.80. The van der Waals surface area contributed by atoms with E-state index in [9.17, 15) is 8.42 Å². The SMILES string of the molecule is Cc1cccc(S(=O)(=O)N2CCC(N3CCNCC3)C2)c1Br.Cl. The van der Waals surface area contributed by atoms with Gasteiger partial charge in [-0.3, -0.25) is 4.90 Å². The first-order valence-electron chi connectivity index (χ1n) is 7.70. The molecule has 0 spiro atoms. The van der Waals surface area contributed by atoms with Gasteiger partial charge in [0.15, 0.2) is 0 Å². The summed E-state index contributed by atoms with van der Waals surface area (Å²) in [5.41, 5.74) is 0.943. The Balaban J connectivity index is 0.00000192. The number of benzene rings is 1. The van der Waals surface area contributed by atoms with E-state index in [4.69, 9.17) is 0 Å². The largest absolute Gasteiger partial charge is 0.314 e. The second-order valence-electron chi connectivity index (χ2n) is 5.98. The monoisotopic (exact) mass is 423 g/mol. The van der Waals surface area contributed by atoms with Crippen molar-refractivity contribution in [1.29, 1.82) is 0 Å². The number of sulfonamides is 1. The molecule has 1 aromatic rings. The predicted octanol–water partition coefficient (Wildman–Crippen LogP) is 1.85. The second-order valence-corrected chi connectivity index (χ2v) is 8.68. The molecule has 0 amide bonds. The molecule has 0 saturated carbocycles. The van der Waals surface area contributed by atoms with E-state index in [1.807, 2.05) is 13.0 Å². The molecule has 0 radical (unpaired) electrons. The highest BCUT2D eigenvalue weighted by Crippen LogP contribution is 2.30. The minimum Gasteiger partial charge on any atom is -0.314 e. The Hall–Kier alpha value is -0.180. The molecule has 2 heterocycles. The summed E-state index contributed by atoms with van der Waals surface area (Å²) in [6.45, 7) is 7.12. The van der Waals surface area contributed by atoms with E-state index < -0.39 is 10.0 Å². The van der Waals surface area contributed by atoms with Gasteiger partial charge in [0.1, 0.15) is 0 Å². The maximum Gasteiger partial charge on any atom is 0.244 e. The molecular weight excluding hydrogens is 402 g/mol. The number of rotatable bonds is 3. The normalized spacial score (nSPS) is 23.7. The lowest BCUT2D eigenvalue weighted by molar-refractivity contribution is 0.179. The minimum atomic E-state index is -3.42. The van der Waals surface area contributed by atoms with Crippen LogP contribution in [-0.2, 0) is 10.0 Å². The first-order chi connectivity index (χ1) is 10.5. The third kappa shape index (κ3) is 3.91. The van der Waals surface area contributed by atoms with Gasteiger partial charge < -0.3 is 5.32 Å². The third-order valence-corrected chi connectivity index (χ3v) is 7.79. The van der Waals surface area contributed by atoms with Crippen molar-refractivity contribution in [2.24, 2.45) is 0 Å². The van der Waals surface area contributed by atoms with Gasteiger partial charge in [-0.25, -0.2) is 8.42 Å². The first-order valence-corrected chi connectivity index (χ1v) is 9.93. The van der Waals surface area contributed by atoms with Gasteiger partial charge in [-0.05, 0) is 40.9 Å². The molecule has 1 unspecified atom stereocenters. The van der Waals surface area contributed by atoms with Crippen LogP contribution in [-0.4, -0.2) is 62.9 Å². The smallest absolute Gasteiger partial charge is 0.244 e. The second kappa shape index (κ2) is 7.80. The average molecular weight is 425 g/mol. The van der Waals surface area contributed by atoms with Crippen molar-refractivity contribution in [2.45, 2.75) is 24.3 Å². The summed E-state index contributed by atoms with van der Waals surface area (Å²) in [6, 6.07) is 5.75. The van der Waals surface area contributed by atoms with Crippen LogP contribution in [0.3, 0.4) is 0 Å². The number of piperazine rings is 1. The summed E-state index contributed by atoms with van der Waals surface area (Å²) >= 11 is 3.43. The first kappa shape index (κ1) is 19.1. The Bertz CT molecular complexity index is 650. The van der Waals surface area contributed by atoms with Crippen LogP contribution in [0.15, 0.2) is 27.6 Å². The predicted molar refractivity (Wildman–Crippen MR) is 97.7 cm³/mol. The molecule has 2 aliphatic rings. The molecule has 2 fully saturated rings. The lowest BCUT2D eigenvalue weighted by Crippen LogP contribution is -2.49. The fourth-order valence-electron chi connectivity index (χ4n) is 3.23.